The number of carbonyl (C=O) groups excluding carboxylic acids is 2. The van der Waals surface area contributed by atoms with Crippen LogP contribution in [0.1, 0.15) is 26.7 Å². The summed E-state index contributed by atoms with van der Waals surface area (Å²) < 4.78 is 11.6. The molecule has 0 radical (unpaired) electrons. The molecule has 1 N–H and O–H groups in total. The minimum absolute atomic E-state index is 0.0492. The van der Waals surface area contributed by atoms with Gasteiger partial charge in [-0.15, -0.1) is 0 Å². The van der Waals surface area contributed by atoms with Crippen LogP contribution >= 0.6 is 0 Å². The molecule has 0 spiro atoms. The molecule has 2 aromatic rings. The third-order valence-corrected chi connectivity index (χ3v) is 5.83. The zero-order valence-electron chi connectivity index (χ0n) is 18.6. The highest BCUT2D eigenvalue weighted by Crippen LogP contribution is 2.28. The van der Waals surface area contributed by atoms with Gasteiger partial charge in [0.15, 0.2) is 0 Å². The molecule has 2 saturated heterocycles. The Balaban J connectivity index is 1.32. The summed E-state index contributed by atoms with van der Waals surface area (Å²) >= 11 is 0. The third kappa shape index (κ3) is 5.37. The average molecular weight is 439 g/mol. The third-order valence-electron chi connectivity index (χ3n) is 5.83. The molecule has 1 aromatic heterocycles. The molecule has 1 aromatic carbocycles. The van der Waals surface area contributed by atoms with Gasteiger partial charge in [-0.2, -0.15) is 0 Å². The number of amides is 3. The number of urea groups is 1. The summed E-state index contributed by atoms with van der Waals surface area (Å²) in [4.78, 5) is 33.7. The lowest BCUT2D eigenvalue weighted by Crippen LogP contribution is -2.52. The molecule has 3 amide bonds. The number of pyridine rings is 1. The maximum Gasteiger partial charge on any atom is 0.321 e. The van der Waals surface area contributed by atoms with Crippen LogP contribution in [0.4, 0.5) is 10.5 Å². The van der Waals surface area contributed by atoms with E-state index in [9.17, 15) is 9.59 Å². The molecule has 2 aliphatic rings. The Morgan fingerprint density at radius 1 is 1.00 bits per heavy atom. The standard InChI is InChI=1S/C24H30N4O4/c1-17-15-28(16-18(2)31-17)23(29)19-10-13-27(14-11-19)24(30)26-21-9-6-12-25-22(21)32-20-7-4-3-5-8-20/h3-9,12,17-19H,10-11,13-16H2,1-2H3,(H,26,30)/t17-,18+. The summed E-state index contributed by atoms with van der Waals surface area (Å²) in [6.45, 7) is 6.33. The molecular weight excluding hydrogens is 408 g/mol. The van der Waals surface area contributed by atoms with Crippen molar-refractivity contribution in [3.05, 3.63) is 48.7 Å². The van der Waals surface area contributed by atoms with Crippen molar-refractivity contribution in [2.45, 2.75) is 38.9 Å². The molecule has 2 aliphatic heterocycles. The molecule has 2 atom stereocenters. The fourth-order valence-electron chi connectivity index (χ4n) is 4.31. The predicted octanol–water partition coefficient (Wildman–Crippen LogP) is 3.75. The molecule has 3 heterocycles. The highest BCUT2D eigenvalue weighted by molar-refractivity contribution is 5.91. The summed E-state index contributed by atoms with van der Waals surface area (Å²) in [5.41, 5.74) is 0.510. The van der Waals surface area contributed by atoms with E-state index in [4.69, 9.17) is 9.47 Å². The highest BCUT2D eigenvalue weighted by Gasteiger charge is 2.33. The summed E-state index contributed by atoms with van der Waals surface area (Å²) in [6.07, 6.45) is 3.05. The second-order valence-electron chi connectivity index (χ2n) is 8.46. The first kappa shape index (κ1) is 22.1. The number of morpholine rings is 1. The first-order chi connectivity index (χ1) is 15.5. The first-order valence-electron chi connectivity index (χ1n) is 11.2. The quantitative estimate of drug-likeness (QED) is 0.786. The molecule has 0 aliphatic carbocycles. The van der Waals surface area contributed by atoms with E-state index in [-0.39, 0.29) is 30.1 Å². The summed E-state index contributed by atoms with van der Waals surface area (Å²) in [5.74, 6) is 1.12. The Hall–Kier alpha value is -3.13. The highest BCUT2D eigenvalue weighted by atomic mass is 16.5. The summed E-state index contributed by atoms with van der Waals surface area (Å²) in [6, 6.07) is 12.6. The Morgan fingerprint density at radius 3 is 2.38 bits per heavy atom. The van der Waals surface area contributed by atoms with Crippen LogP contribution in [0.3, 0.4) is 0 Å². The van der Waals surface area contributed by atoms with E-state index >= 15 is 0 Å². The lowest BCUT2D eigenvalue weighted by molar-refractivity contribution is -0.148. The first-order valence-corrected chi connectivity index (χ1v) is 11.2. The van der Waals surface area contributed by atoms with Crippen LogP contribution in [0.2, 0.25) is 0 Å². The van der Waals surface area contributed by atoms with Crippen molar-refractivity contribution in [2.75, 3.05) is 31.5 Å². The lowest BCUT2D eigenvalue weighted by Gasteiger charge is -2.39. The van der Waals surface area contributed by atoms with Crippen LogP contribution in [0.25, 0.3) is 0 Å². The van der Waals surface area contributed by atoms with Gasteiger partial charge in [0.2, 0.25) is 11.8 Å². The number of anilines is 1. The Kier molecular flexibility index (Phi) is 6.90. The van der Waals surface area contributed by atoms with E-state index in [0.29, 0.717) is 56.3 Å². The SMILES string of the molecule is C[C@@H]1CN(C(=O)C2CCN(C(=O)Nc3cccnc3Oc3ccccc3)CC2)C[C@H](C)O1. The Morgan fingerprint density at radius 2 is 1.69 bits per heavy atom. The van der Waals surface area contributed by atoms with Gasteiger partial charge in [-0.1, -0.05) is 18.2 Å². The zero-order valence-corrected chi connectivity index (χ0v) is 18.6. The topological polar surface area (TPSA) is 84.0 Å². The number of hydrogen-bond acceptors (Lipinski definition) is 5. The van der Waals surface area contributed by atoms with E-state index in [1.165, 1.54) is 0 Å². The van der Waals surface area contributed by atoms with Gasteiger partial charge < -0.3 is 24.6 Å². The summed E-state index contributed by atoms with van der Waals surface area (Å²) in [7, 11) is 0. The van der Waals surface area contributed by atoms with E-state index < -0.39 is 0 Å². The summed E-state index contributed by atoms with van der Waals surface area (Å²) in [5, 5.41) is 2.91. The largest absolute Gasteiger partial charge is 0.437 e. The van der Waals surface area contributed by atoms with Gasteiger partial charge in [-0.25, -0.2) is 9.78 Å². The number of piperidine rings is 1. The molecular formula is C24H30N4O4. The van der Waals surface area contributed by atoms with E-state index in [2.05, 4.69) is 10.3 Å². The van der Waals surface area contributed by atoms with Gasteiger partial charge in [0.25, 0.3) is 0 Å². The lowest BCUT2D eigenvalue weighted by atomic mass is 9.95. The van der Waals surface area contributed by atoms with Gasteiger partial charge >= 0.3 is 6.03 Å². The fourth-order valence-corrected chi connectivity index (χ4v) is 4.31. The molecule has 0 unspecified atom stereocenters. The number of ether oxygens (including phenoxy) is 2. The second kappa shape index (κ2) is 9.99. The fraction of sp³-hybridized carbons (Fsp3) is 0.458. The van der Waals surface area contributed by atoms with Crippen LogP contribution in [0.5, 0.6) is 11.6 Å². The normalized spacial score (nSPS) is 21.8. The number of nitrogens with zero attached hydrogens (tertiary/aromatic N) is 3. The van der Waals surface area contributed by atoms with Crippen LogP contribution < -0.4 is 10.1 Å². The van der Waals surface area contributed by atoms with Crippen LogP contribution in [0, 0.1) is 5.92 Å². The maximum atomic E-state index is 13.0. The van der Waals surface area contributed by atoms with Crippen molar-refractivity contribution < 1.29 is 19.1 Å². The smallest absolute Gasteiger partial charge is 0.321 e. The van der Waals surface area contributed by atoms with E-state index in [1.54, 1.807) is 23.2 Å². The van der Waals surface area contributed by atoms with Crippen LogP contribution in [-0.2, 0) is 9.53 Å². The zero-order chi connectivity index (χ0) is 22.5. The molecule has 8 nitrogen and oxygen atoms in total. The minimum Gasteiger partial charge on any atom is -0.437 e. The van der Waals surface area contributed by atoms with Gasteiger partial charge in [-0.3, -0.25) is 4.79 Å². The number of para-hydroxylation sites is 1. The molecule has 4 rings (SSSR count). The Labute approximate surface area is 188 Å². The van der Waals surface area contributed by atoms with Crippen molar-refractivity contribution in [1.29, 1.82) is 0 Å². The van der Waals surface area contributed by atoms with Gasteiger partial charge in [-0.05, 0) is 51.0 Å². The van der Waals surface area contributed by atoms with Crippen molar-refractivity contribution >= 4 is 17.6 Å². The molecule has 0 saturated carbocycles. The number of likely N-dealkylation sites (tertiary alicyclic amines) is 1. The van der Waals surface area contributed by atoms with Gasteiger partial charge in [0.1, 0.15) is 11.4 Å². The van der Waals surface area contributed by atoms with Gasteiger partial charge in [0, 0.05) is 38.3 Å². The minimum atomic E-state index is -0.213. The van der Waals surface area contributed by atoms with Crippen LogP contribution in [0.15, 0.2) is 48.7 Å². The number of benzene rings is 1. The average Bonchev–Trinajstić information content (AvgIpc) is 2.80. The van der Waals surface area contributed by atoms with E-state index in [0.717, 1.165) is 0 Å². The van der Waals surface area contributed by atoms with Crippen molar-refractivity contribution in [1.82, 2.24) is 14.8 Å². The molecule has 170 valence electrons. The number of nitrogens with one attached hydrogen (secondary N) is 1. The number of aromatic nitrogens is 1. The monoisotopic (exact) mass is 438 g/mol. The number of carbonyl (C=O) groups is 2. The molecule has 32 heavy (non-hydrogen) atoms. The van der Waals surface area contributed by atoms with Crippen molar-refractivity contribution in [2.24, 2.45) is 5.92 Å². The Bertz CT molecular complexity index is 921. The van der Waals surface area contributed by atoms with Gasteiger partial charge in [0.05, 0.1) is 12.2 Å². The predicted molar refractivity (Wildman–Crippen MR) is 121 cm³/mol. The van der Waals surface area contributed by atoms with E-state index in [1.807, 2.05) is 49.1 Å². The van der Waals surface area contributed by atoms with Crippen LogP contribution in [-0.4, -0.2) is 65.1 Å². The second-order valence-corrected chi connectivity index (χ2v) is 8.46. The van der Waals surface area contributed by atoms with Crippen molar-refractivity contribution in [3.63, 3.8) is 0 Å². The van der Waals surface area contributed by atoms with Crippen molar-refractivity contribution in [3.8, 4) is 11.6 Å². The molecule has 2 fully saturated rings. The molecule has 8 heteroatoms. The maximum absolute atomic E-state index is 13.0. The number of rotatable bonds is 4. The number of hydrogen-bond donors (Lipinski definition) is 1. The molecule has 0 bridgehead atoms.